The minimum atomic E-state index is -0.583. The summed E-state index contributed by atoms with van der Waals surface area (Å²) < 4.78 is 30.0. The predicted molar refractivity (Wildman–Crippen MR) is 99.6 cm³/mol. The monoisotopic (exact) mass is 389 g/mol. The Morgan fingerprint density at radius 2 is 2.04 bits per heavy atom. The van der Waals surface area contributed by atoms with Gasteiger partial charge < -0.3 is 19.9 Å². The standard InChI is InChI=1S/C18H17F2N5OS/c1-10-4-24-5-11(2-13(20)16(24)22-10)23-17(26)15-12(19)3-14(27-15)25-8-18(9-25)6-21-7-18/h2-5,21H,6-9H2,1H3,(H,23,26). The molecule has 140 valence electrons. The van der Waals surface area contributed by atoms with Crippen LogP contribution in [0, 0.1) is 24.0 Å². The summed E-state index contributed by atoms with van der Waals surface area (Å²) >= 11 is 1.12. The average molecular weight is 389 g/mol. The van der Waals surface area contributed by atoms with E-state index in [1.165, 1.54) is 16.5 Å². The van der Waals surface area contributed by atoms with Gasteiger partial charge >= 0.3 is 0 Å². The molecule has 5 rings (SSSR count). The number of fused-ring (bicyclic) bond motifs is 1. The molecule has 3 aromatic heterocycles. The van der Waals surface area contributed by atoms with Crippen LogP contribution < -0.4 is 15.5 Å². The Kier molecular flexibility index (Phi) is 3.54. The number of pyridine rings is 1. The summed E-state index contributed by atoms with van der Waals surface area (Å²) in [6, 6.07) is 2.59. The first-order valence-electron chi connectivity index (χ1n) is 8.64. The molecule has 0 saturated carbocycles. The molecule has 2 N–H and O–H groups in total. The number of imidazole rings is 1. The highest BCUT2D eigenvalue weighted by Crippen LogP contribution is 2.41. The minimum absolute atomic E-state index is 0.00000113. The van der Waals surface area contributed by atoms with Crippen molar-refractivity contribution in [2.75, 3.05) is 36.4 Å². The third kappa shape index (κ3) is 2.69. The summed E-state index contributed by atoms with van der Waals surface area (Å²) in [5.41, 5.74) is 1.42. The molecule has 1 spiro atoms. The molecule has 27 heavy (non-hydrogen) atoms. The number of aromatic nitrogens is 2. The largest absolute Gasteiger partial charge is 0.362 e. The second kappa shape index (κ2) is 5.74. The van der Waals surface area contributed by atoms with Crippen molar-refractivity contribution in [1.82, 2.24) is 14.7 Å². The number of hydrogen-bond donors (Lipinski definition) is 2. The Hall–Kier alpha value is -2.52. The van der Waals surface area contributed by atoms with Crippen LogP contribution in [0.25, 0.3) is 5.65 Å². The lowest BCUT2D eigenvalue weighted by molar-refractivity contribution is 0.102. The van der Waals surface area contributed by atoms with Crippen LogP contribution in [-0.4, -0.2) is 41.5 Å². The lowest BCUT2D eigenvalue weighted by Crippen LogP contribution is -2.71. The van der Waals surface area contributed by atoms with Gasteiger partial charge in [-0.25, -0.2) is 13.8 Å². The number of nitrogens with one attached hydrogen (secondary N) is 2. The zero-order valence-corrected chi connectivity index (χ0v) is 15.4. The molecule has 2 aliphatic heterocycles. The zero-order chi connectivity index (χ0) is 18.8. The Balaban J connectivity index is 1.35. The second-order valence-corrected chi connectivity index (χ2v) is 8.40. The van der Waals surface area contributed by atoms with Gasteiger partial charge in [0.25, 0.3) is 5.91 Å². The molecule has 0 aliphatic carbocycles. The molecule has 2 saturated heterocycles. The van der Waals surface area contributed by atoms with Crippen molar-refractivity contribution in [1.29, 1.82) is 0 Å². The Morgan fingerprint density at radius 1 is 1.26 bits per heavy atom. The maximum absolute atomic E-state index is 14.3. The number of nitrogens with zero attached hydrogens (tertiary/aromatic N) is 3. The first-order chi connectivity index (χ1) is 12.9. The van der Waals surface area contributed by atoms with Crippen molar-refractivity contribution in [3.63, 3.8) is 0 Å². The summed E-state index contributed by atoms with van der Waals surface area (Å²) in [7, 11) is 0. The lowest BCUT2D eigenvalue weighted by atomic mass is 9.75. The summed E-state index contributed by atoms with van der Waals surface area (Å²) in [5.74, 6) is -1.69. The van der Waals surface area contributed by atoms with Gasteiger partial charge in [0, 0.05) is 56.1 Å². The summed E-state index contributed by atoms with van der Waals surface area (Å²) in [6.45, 7) is 5.50. The molecule has 0 atom stereocenters. The zero-order valence-electron chi connectivity index (χ0n) is 14.6. The first-order valence-corrected chi connectivity index (χ1v) is 9.45. The first kappa shape index (κ1) is 16.6. The van der Waals surface area contributed by atoms with E-state index in [1.807, 2.05) is 0 Å². The normalized spacial score (nSPS) is 17.8. The van der Waals surface area contributed by atoms with Crippen molar-refractivity contribution in [3.05, 3.63) is 46.7 Å². The molecular formula is C18H17F2N5OS. The maximum atomic E-state index is 14.3. The van der Waals surface area contributed by atoms with Gasteiger partial charge in [-0.3, -0.25) is 4.79 Å². The third-order valence-corrected chi connectivity index (χ3v) is 6.30. The summed E-state index contributed by atoms with van der Waals surface area (Å²) in [6.07, 6.45) is 3.22. The van der Waals surface area contributed by atoms with E-state index in [1.54, 1.807) is 19.3 Å². The fraction of sp³-hybridized carbons (Fsp3) is 0.333. The van der Waals surface area contributed by atoms with E-state index in [-0.39, 0.29) is 16.2 Å². The van der Waals surface area contributed by atoms with Gasteiger partial charge in [-0.05, 0) is 6.92 Å². The van der Waals surface area contributed by atoms with Gasteiger partial charge in [0.1, 0.15) is 10.7 Å². The topological polar surface area (TPSA) is 61.7 Å². The van der Waals surface area contributed by atoms with Gasteiger partial charge in [0.2, 0.25) is 0 Å². The second-order valence-electron chi connectivity index (χ2n) is 7.37. The van der Waals surface area contributed by atoms with E-state index >= 15 is 0 Å². The van der Waals surface area contributed by atoms with Crippen LogP contribution in [0.4, 0.5) is 19.5 Å². The summed E-state index contributed by atoms with van der Waals surface area (Å²) in [5, 5.41) is 6.59. The molecule has 1 amide bonds. The summed E-state index contributed by atoms with van der Waals surface area (Å²) in [4.78, 5) is 18.7. The van der Waals surface area contributed by atoms with Crippen molar-refractivity contribution in [3.8, 4) is 0 Å². The molecule has 0 unspecified atom stereocenters. The van der Waals surface area contributed by atoms with Crippen molar-refractivity contribution < 1.29 is 13.6 Å². The lowest BCUT2D eigenvalue weighted by Gasteiger charge is -2.56. The van der Waals surface area contributed by atoms with Crippen molar-refractivity contribution in [2.45, 2.75) is 6.92 Å². The number of carbonyl (C=O) groups is 1. The fourth-order valence-electron chi connectivity index (χ4n) is 3.72. The SMILES string of the molecule is Cc1cn2cc(NC(=O)c3sc(N4CC5(CNC5)C4)cc3F)cc(F)c2n1. The molecule has 2 fully saturated rings. The highest BCUT2D eigenvalue weighted by molar-refractivity contribution is 7.18. The highest BCUT2D eigenvalue weighted by atomic mass is 32.1. The van der Waals surface area contributed by atoms with Crippen LogP contribution in [0.3, 0.4) is 0 Å². The van der Waals surface area contributed by atoms with Gasteiger partial charge in [-0.15, -0.1) is 11.3 Å². The quantitative estimate of drug-likeness (QED) is 0.723. The van der Waals surface area contributed by atoms with Gasteiger partial charge in [-0.1, -0.05) is 0 Å². The molecule has 0 aromatic carbocycles. The van der Waals surface area contributed by atoms with Crippen LogP contribution >= 0.6 is 11.3 Å². The smallest absolute Gasteiger partial charge is 0.268 e. The number of rotatable bonds is 3. The van der Waals surface area contributed by atoms with Gasteiger partial charge in [0.15, 0.2) is 11.5 Å². The van der Waals surface area contributed by atoms with E-state index in [2.05, 4.69) is 20.5 Å². The number of amides is 1. The Bertz CT molecular complexity index is 1060. The molecule has 0 radical (unpaired) electrons. The van der Waals surface area contributed by atoms with E-state index in [9.17, 15) is 13.6 Å². The fourth-order valence-corrected chi connectivity index (χ4v) is 4.65. The molecule has 2 aliphatic rings. The number of carbonyl (C=O) groups excluding carboxylic acids is 1. The number of hydrogen-bond acceptors (Lipinski definition) is 5. The molecule has 3 aromatic rings. The number of anilines is 2. The van der Waals surface area contributed by atoms with Crippen LogP contribution in [0.1, 0.15) is 15.4 Å². The van der Waals surface area contributed by atoms with Crippen molar-refractivity contribution in [2.24, 2.45) is 5.41 Å². The number of thiophene rings is 1. The van der Waals surface area contributed by atoms with Crippen LogP contribution in [0.5, 0.6) is 0 Å². The molecule has 0 bridgehead atoms. The van der Waals surface area contributed by atoms with Crippen LogP contribution in [0.15, 0.2) is 24.5 Å². The third-order valence-electron chi connectivity index (χ3n) is 5.13. The average Bonchev–Trinajstić information content (AvgIpc) is 3.07. The van der Waals surface area contributed by atoms with Crippen LogP contribution in [-0.2, 0) is 0 Å². The van der Waals surface area contributed by atoms with Crippen LogP contribution in [0.2, 0.25) is 0 Å². The van der Waals surface area contributed by atoms with E-state index in [0.29, 0.717) is 11.1 Å². The Morgan fingerprint density at radius 3 is 2.74 bits per heavy atom. The maximum Gasteiger partial charge on any atom is 0.268 e. The molecule has 6 nitrogen and oxygen atoms in total. The predicted octanol–water partition coefficient (Wildman–Crippen LogP) is 2.64. The minimum Gasteiger partial charge on any atom is -0.362 e. The molecule has 9 heteroatoms. The van der Waals surface area contributed by atoms with E-state index < -0.39 is 17.5 Å². The number of halogens is 2. The van der Waals surface area contributed by atoms with E-state index in [0.717, 1.165) is 42.5 Å². The van der Waals surface area contributed by atoms with Crippen molar-refractivity contribution >= 4 is 33.6 Å². The van der Waals surface area contributed by atoms with Gasteiger partial charge in [0.05, 0.1) is 16.4 Å². The molecular weight excluding hydrogens is 372 g/mol. The molecule has 5 heterocycles. The van der Waals surface area contributed by atoms with Gasteiger partial charge in [-0.2, -0.15) is 0 Å². The Labute approximate surface area is 157 Å². The van der Waals surface area contributed by atoms with E-state index in [4.69, 9.17) is 0 Å². The number of aryl methyl sites for hydroxylation is 1. The highest BCUT2D eigenvalue weighted by Gasteiger charge is 2.48.